The topological polar surface area (TPSA) is 106 Å². The standard InChI is InChI=1S/C28H28BrN5O3S/c1-28(2,3)20-12-10-19(11-13-20)26-32-33-27(34(26)21-8-6-5-7-9-21)38-17-24(35)31-30-16-18-14-22(29)25(36)23(15-18)37-4/h5-16H,17H2,1-4H3,(H2,30,31,35,36). The van der Waals surface area contributed by atoms with Crippen LogP contribution in [-0.4, -0.2) is 35.2 Å². The van der Waals surface area contributed by atoms with Crippen molar-refractivity contribution in [2.24, 2.45) is 5.10 Å². The minimum absolute atomic E-state index is 0.0564. The zero-order chi connectivity index (χ0) is 27.3. The predicted molar refractivity (Wildman–Crippen MR) is 151 cm³/mol. The fourth-order valence-corrected chi connectivity index (χ4v) is 4.91. The Balaban J connectivity index is 1.50. The molecule has 0 spiro atoms. The van der Waals surface area contributed by atoms with E-state index in [1.807, 2.05) is 34.9 Å². The Labute approximate surface area is 234 Å². The molecule has 1 heterocycles. The van der Waals surface area contributed by atoms with E-state index in [4.69, 9.17) is 4.74 Å². The number of benzene rings is 3. The van der Waals surface area contributed by atoms with Crippen LogP contribution in [0.2, 0.25) is 0 Å². The zero-order valence-corrected chi connectivity index (χ0v) is 23.9. The van der Waals surface area contributed by atoms with Crippen LogP contribution in [0.4, 0.5) is 0 Å². The highest BCUT2D eigenvalue weighted by Crippen LogP contribution is 2.32. The molecule has 8 nitrogen and oxygen atoms in total. The SMILES string of the molecule is COc1cc(C=NNC(=O)CSc2n[nH]c(-c3ccc(C(C)(C)C)cc3)[n+]2-c2ccccc2)cc(Br)c1[O-]. The fraction of sp³-hybridized carbons (Fsp3) is 0.214. The molecule has 1 amide bonds. The number of carbonyl (C=O) groups excluding carboxylic acids is 1. The first-order valence-electron chi connectivity index (χ1n) is 11.8. The van der Waals surface area contributed by atoms with Crippen LogP contribution in [0.3, 0.4) is 0 Å². The Bertz CT molecular complexity index is 1450. The molecule has 2 N–H and O–H groups in total. The highest BCUT2D eigenvalue weighted by Gasteiger charge is 2.25. The number of nitrogens with one attached hydrogen (secondary N) is 2. The lowest BCUT2D eigenvalue weighted by atomic mass is 9.87. The number of ether oxygens (including phenoxy) is 1. The second-order valence-corrected chi connectivity index (χ2v) is 11.3. The third kappa shape index (κ3) is 6.43. The molecule has 3 aromatic carbocycles. The summed E-state index contributed by atoms with van der Waals surface area (Å²) in [6, 6.07) is 21.5. The van der Waals surface area contributed by atoms with E-state index < -0.39 is 0 Å². The Hall–Kier alpha value is -3.63. The first kappa shape index (κ1) is 27.4. The van der Waals surface area contributed by atoms with Crippen molar-refractivity contribution in [3.05, 3.63) is 82.3 Å². The van der Waals surface area contributed by atoms with Crippen LogP contribution in [0.1, 0.15) is 31.9 Å². The first-order valence-corrected chi connectivity index (χ1v) is 13.6. The molecule has 0 atom stereocenters. The van der Waals surface area contributed by atoms with Gasteiger partial charge in [0.1, 0.15) is 11.4 Å². The third-order valence-electron chi connectivity index (χ3n) is 5.70. The number of hydrogen-bond donors (Lipinski definition) is 2. The van der Waals surface area contributed by atoms with Crippen LogP contribution in [0, 0.1) is 0 Å². The Kier molecular flexibility index (Phi) is 8.53. The first-order chi connectivity index (χ1) is 18.2. The number of hydrogen-bond acceptors (Lipinski definition) is 6. The van der Waals surface area contributed by atoms with Crippen molar-refractivity contribution in [1.29, 1.82) is 0 Å². The number of aromatic nitrogens is 3. The molecule has 0 radical (unpaired) electrons. The molecule has 0 aliphatic heterocycles. The average molecular weight is 595 g/mol. The van der Waals surface area contributed by atoms with Gasteiger partial charge in [0.15, 0.2) is 0 Å². The van der Waals surface area contributed by atoms with E-state index in [0.29, 0.717) is 15.2 Å². The number of aromatic amines is 1. The van der Waals surface area contributed by atoms with Crippen molar-refractivity contribution < 1.29 is 19.2 Å². The van der Waals surface area contributed by atoms with Gasteiger partial charge < -0.3 is 9.84 Å². The maximum Gasteiger partial charge on any atom is 0.342 e. The number of methoxy groups -OCH3 is 1. The summed E-state index contributed by atoms with van der Waals surface area (Å²) in [4.78, 5) is 12.5. The lowest BCUT2D eigenvalue weighted by Crippen LogP contribution is -2.34. The number of carbonyl (C=O) groups is 1. The number of rotatable bonds is 8. The van der Waals surface area contributed by atoms with Crippen LogP contribution in [0.15, 0.2) is 81.5 Å². The van der Waals surface area contributed by atoms with E-state index in [-0.39, 0.29) is 28.6 Å². The highest BCUT2D eigenvalue weighted by molar-refractivity contribution is 9.10. The Morgan fingerprint density at radius 1 is 1.18 bits per heavy atom. The Morgan fingerprint density at radius 2 is 1.89 bits per heavy atom. The minimum Gasteiger partial charge on any atom is -0.869 e. The van der Waals surface area contributed by atoms with Gasteiger partial charge in [0, 0.05) is 4.47 Å². The summed E-state index contributed by atoms with van der Waals surface area (Å²) in [7, 11) is 1.42. The highest BCUT2D eigenvalue weighted by atomic mass is 79.9. The van der Waals surface area contributed by atoms with E-state index in [9.17, 15) is 9.90 Å². The molecule has 0 fully saturated rings. The van der Waals surface area contributed by atoms with Crippen LogP contribution in [0.25, 0.3) is 17.1 Å². The lowest BCUT2D eigenvalue weighted by Gasteiger charge is -2.18. The van der Waals surface area contributed by atoms with Gasteiger partial charge in [-0.25, -0.2) is 5.43 Å². The summed E-state index contributed by atoms with van der Waals surface area (Å²) < 4.78 is 7.43. The van der Waals surface area contributed by atoms with Crippen molar-refractivity contribution in [2.45, 2.75) is 31.3 Å². The normalized spacial score (nSPS) is 11.6. The monoisotopic (exact) mass is 593 g/mol. The molecule has 0 saturated carbocycles. The number of para-hydroxylation sites is 1. The smallest absolute Gasteiger partial charge is 0.342 e. The maximum absolute atomic E-state index is 12.5. The number of thioether (sulfide) groups is 1. The van der Waals surface area contributed by atoms with E-state index in [0.717, 1.165) is 17.1 Å². The molecular formula is C28H28BrN5O3S. The molecule has 0 unspecified atom stereocenters. The van der Waals surface area contributed by atoms with Gasteiger partial charge in [0.05, 0.1) is 29.7 Å². The van der Waals surface area contributed by atoms with E-state index >= 15 is 0 Å². The van der Waals surface area contributed by atoms with Crippen molar-refractivity contribution in [3.8, 4) is 28.6 Å². The summed E-state index contributed by atoms with van der Waals surface area (Å²) in [6.07, 6.45) is 1.45. The molecule has 0 saturated heterocycles. The van der Waals surface area contributed by atoms with Gasteiger partial charge in [-0.15, -0.1) is 5.10 Å². The molecular weight excluding hydrogens is 566 g/mol. The van der Waals surface area contributed by atoms with Gasteiger partial charge in [-0.2, -0.15) is 9.67 Å². The Morgan fingerprint density at radius 3 is 2.55 bits per heavy atom. The van der Waals surface area contributed by atoms with Crippen molar-refractivity contribution >= 4 is 39.8 Å². The summed E-state index contributed by atoms with van der Waals surface area (Å²) in [6.45, 7) is 6.55. The number of H-pyrrole nitrogens is 1. The predicted octanol–water partition coefficient (Wildman–Crippen LogP) is 4.74. The van der Waals surface area contributed by atoms with E-state index in [2.05, 4.69) is 81.7 Å². The van der Waals surface area contributed by atoms with Crippen molar-refractivity contribution in [1.82, 2.24) is 15.6 Å². The quantitative estimate of drug-likeness (QED) is 0.133. The fourth-order valence-electron chi connectivity index (χ4n) is 3.69. The van der Waals surface area contributed by atoms with Gasteiger partial charge >= 0.3 is 5.16 Å². The largest absolute Gasteiger partial charge is 0.869 e. The van der Waals surface area contributed by atoms with Crippen LogP contribution >= 0.6 is 27.7 Å². The molecule has 10 heteroatoms. The molecule has 38 heavy (non-hydrogen) atoms. The second-order valence-electron chi connectivity index (χ2n) is 9.47. The summed E-state index contributed by atoms with van der Waals surface area (Å²) in [5.41, 5.74) is 6.34. The summed E-state index contributed by atoms with van der Waals surface area (Å²) in [5, 5.41) is 24.2. The zero-order valence-electron chi connectivity index (χ0n) is 21.5. The van der Waals surface area contributed by atoms with Gasteiger partial charge in [-0.1, -0.05) is 72.8 Å². The molecule has 4 aromatic rings. The lowest BCUT2D eigenvalue weighted by molar-refractivity contribution is -0.625. The maximum atomic E-state index is 12.5. The number of nitrogens with zero attached hydrogens (tertiary/aromatic N) is 3. The third-order valence-corrected chi connectivity index (χ3v) is 7.23. The summed E-state index contributed by atoms with van der Waals surface area (Å²) >= 11 is 4.50. The molecule has 196 valence electrons. The van der Waals surface area contributed by atoms with E-state index in [1.54, 1.807) is 12.1 Å². The number of amides is 1. The minimum atomic E-state index is -0.295. The summed E-state index contributed by atoms with van der Waals surface area (Å²) in [5.74, 6) is 0.565. The number of hydrazone groups is 1. The molecule has 4 rings (SSSR count). The van der Waals surface area contributed by atoms with Crippen LogP contribution in [-0.2, 0) is 10.2 Å². The molecule has 0 aliphatic carbocycles. The van der Waals surface area contributed by atoms with Crippen molar-refractivity contribution in [3.63, 3.8) is 0 Å². The van der Waals surface area contributed by atoms with Crippen LogP contribution in [0.5, 0.6) is 11.5 Å². The van der Waals surface area contributed by atoms with Gasteiger partial charge in [-0.3, -0.25) is 4.79 Å². The average Bonchev–Trinajstić information content (AvgIpc) is 3.33. The second kappa shape index (κ2) is 11.8. The van der Waals surface area contributed by atoms with E-state index in [1.165, 1.54) is 30.6 Å². The molecule has 0 bridgehead atoms. The van der Waals surface area contributed by atoms with Crippen molar-refractivity contribution in [2.75, 3.05) is 12.9 Å². The van der Waals surface area contributed by atoms with Gasteiger partial charge in [0.2, 0.25) is 0 Å². The van der Waals surface area contributed by atoms with Gasteiger partial charge in [-0.05, 0) is 64.7 Å². The van der Waals surface area contributed by atoms with Crippen LogP contribution < -0.4 is 19.8 Å². The molecule has 0 aliphatic rings. The number of halogens is 1. The molecule has 1 aromatic heterocycles. The van der Waals surface area contributed by atoms with Gasteiger partial charge in [0.25, 0.3) is 11.7 Å².